The highest BCUT2D eigenvalue weighted by atomic mass is 79.9. The van der Waals surface area contributed by atoms with E-state index in [2.05, 4.69) is 15.9 Å². The van der Waals surface area contributed by atoms with Crippen LogP contribution in [0.3, 0.4) is 0 Å². The number of esters is 1. The second kappa shape index (κ2) is 2.87. The van der Waals surface area contributed by atoms with E-state index in [0.29, 0.717) is 10.4 Å². The molecule has 1 saturated carbocycles. The Morgan fingerprint density at radius 2 is 2.31 bits per heavy atom. The molecule has 4 heteroatoms. The van der Waals surface area contributed by atoms with E-state index in [1.54, 1.807) is 6.07 Å². The fraction of sp³-hybridized carbons (Fsp3) is 0.444. The number of methoxy groups -OCH3 is 1. The minimum atomic E-state index is -0.485. The fourth-order valence-corrected chi connectivity index (χ4v) is 1.75. The number of hydrogen-bond acceptors (Lipinski definition) is 3. The zero-order valence-corrected chi connectivity index (χ0v) is 8.76. The number of carbonyl (C=O) groups is 1. The van der Waals surface area contributed by atoms with Crippen LogP contribution < -0.4 is 0 Å². The third-order valence-corrected chi connectivity index (χ3v) is 2.80. The molecule has 0 radical (unpaired) electrons. The quantitative estimate of drug-likeness (QED) is 0.750. The summed E-state index contributed by atoms with van der Waals surface area (Å²) in [5.41, 5.74) is -0.485. The molecule has 0 unspecified atom stereocenters. The lowest BCUT2D eigenvalue weighted by atomic mass is 10.1. The summed E-state index contributed by atoms with van der Waals surface area (Å²) in [5, 5.41) is 0. The minimum absolute atomic E-state index is 0.200. The van der Waals surface area contributed by atoms with E-state index in [1.807, 2.05) is 6.07 Å². The average molecular weight is 245 g/mol. The summed E-state index contributed by atoms with van der Waals surface area (Å²) in [6, 6.07) is 3.60. The number of ether oxygens (including phenoxy) is 1. The van der Waals surface area contributed by atoms with Crippen molar-refractivity contribution in [1.29, 1.82) is 0 Å². The lowest BCUT2D eigenvalue weighted by Crippen LogP contribution is -2.20. The maximum Gasteiger partial charge on any atom is 0.319 e. The first-order valence-electron chi connectivity index (χ1n) is 4.03. The zero-order valence-electron chi connectivity index (χ0n) is 7.17. The number of rotatable bonds is 2. The van der Waals surface area contributed by atoms with Crippen molar-refractivity contribution in [2.24, 2.45) is 0 Å². The third kappa shape index (κ3) is 1.29. The fourth-order valence-electron chi connectivity index (χ4n) is 1.44. The van der Waals surface area contributed by atoms with E-state index in [1.165, 1.54) is 7.11 Å². The highest BCUT2D eigenvalue weighted by molar-refractivity contribution is 9.10. The van der Waals surface area contributed by atoms with Crippen molar-refractivity contribution in [2.45, 2.75) is 18.3 Å². The average Bonchev–Trinajstić information content (AvgIpc) is 2.83. The van der Waals surface area contributed by atoms with Crippen LogP contribution in [-0.2, 0) is 14.9 Å². The van der Waals surface area contributed by atoms with Crippen LogP contribution in [0.5, 0.6) is 0 Å². The molecule has 1 fully saturated rings. The maximum absolute atomic E-state index is 11.4. The second-order valence-electron chi connectivity index (χ2n) is 3.18. The smallest absolute Gasteiger partial charge is 0.319 e. The van der Waals surface area contributed by atoms with E-state index in [-0.39, 0.29) is 5.97 Å². The summed E-state index contributed by atoms with van der Waals surface area (Å²) >= 11 is 3.20. The predicted molar refractivity (Wildman–Crippen MR) is 49.3 cm³/mol. The van der Waals surface area contributed by atoms with Gasteiger partial charge in [0, 0.05) is 0 Å². The van der Waals surface area contributed by atoms with Gasteiger partial charge in [0.2, 0.25) is 0 Å². The number of carbonyl (C=O) groups excluding carboxylic acids is 1. The van der Waals surface area contributed by atoms with Gasteiger partial charge in [0.15, 0.2) is 4.67 Å². The summed E-state index contributed by atoms with van der Waals surface area (Å²) in [7, 11) is 1.40. The van der Waals surface area contributed by atoms with E-state index >= 15 is 0 Å². The monoisotopic (exact) mass is 244 g/mol. The molecular formula is C9H9BrO3. The molecule has 0 atom stereocenters. The van der Waals surface area contributed by atoms with Crippen LogP contribution in [0.4, 0.5) is 0 Å². The van der Waals surface area contributed by atoms with Crippen molar-refractivity contribution in [1.82, 2.24) is 0 Å². The Kier molecular flexibility index (Phi) is 1.95. The van der Waals surface area contributed by atoms with Gasteiger partial charge in [-0.3, -0.25) is 4.79 Å². The molecular weight excluding hydrogens is 236 g/mol. The number of hydrogen-bond donors (Lipinski definition) is 0. The molecule has 0 amide bonds. The van der Waals surface area contributed by atoms with E-state index in [9.17, 15) is 4.79 Å². The summed E-state index contributed by atoms with van der Waals surface area (Å²) in [6.07, 6.45) is 1.64. The molecule has 0 N–H and O–H groups in total. The molecule has 2 rings (SSSR count). The van der Waals surface area contributed by atoms with Gasteiger partial charge in [-0.25, -0.2) is 0 Å². The maximum atomic E-state index is 11.4. The highest BCUT2D eigenvalue weighted by Gasteiger charge is 2.55. The first-order chi connectivity index (χ1) is 6.19. The molecule has 1 aromatic heterocycles. The molecule has 3 nitrogen and oxygen atoms in total. The number of halogens is 1. The molecule has 0 aromatic carbocycles. The largest absolute Gasteiger partial charge is 0.468 e. The highest BCUT2D eigenvalue weighted by Crippen LogP contribution is 2.49. The summed E-state index contributed by atoms with van der Waals surface area (Å²) in [4.78, 5) is 11.4. The minimum Gasteiger partial charge on any atom is -0.468 e. The Bertz CT molecular complexity index is 338. The molecule has 13 heavy (non-hydrogen) atoms. The van der Waals surface area contributed by atoms with Gasteiger partial charge in [-0.15, -0.1) is 0 Å². The molecule has 0 bridgehead atoms. The van der Waals surface area contributed by atoms with Crippen LogP contribution in [0, 0.1) is 0 Å². The lowest BCUT2D eigenvalue weighted by molar-refractivity contribution is -0.144. The molecule has 0 spiro atoms. The Balaban J connectivity index is 2.30. The van der Waals surface area contributed by atoms with Gasteiger partial charge in [-0.05, 0) is 40.9 Å². The van der Waals surface area contributed by atoms with Gasteiger partial charge in [0.05, 0.1) is 7.11 Å². The van der Waals surface area contributed by atoms with Crippen LogP contribution in [0.25, 0.3) is 0 Å². The summed E-state index contributed by atoms with van der Waals surface area (Å²) < 4.78 is 10.7. The van der Waals surface area contributed by atoms with Gasteiger partial charge >= 0.3 is 5.97 Å². The van der Waals surface area contributed by atoms with Gasteiger partial charge in [-0.2, -0.15) is 0 Å². The van der Waals surface area contributed by atoms with E-state index in [0.717, 1.165) is 12.8 Å². The SMILES string of the molecule is COC(=O)C1(c2ccc(Br)o2)CC1. The molecule has 1 aliphatic rings. The summed E-state index contributed by atoms with van der Waals surface area (Å²) in [5.74, 6) is 0.501. The first kappa shape index (κ1) is 8.81. The number of furan rings is 1. The third-order valence-electron chi connectivity index (χ3n) is 2.37. The van der Waals surface area contributed by atoms with Gasteiger partial charge in [0.25, 0.3) is 0 Å². The van der Waals surface area contributed by atoms with E-state index in [4.69, 9.17) is 9.15 Å². The topological polar surface area (TPSA) is 39.4 Å². The molecule has 1 heterocycles. The predicted octanol–water partition coefficient (Wildman–Crippen LogP) is 2.25. The van der Waals surface area contributed by atoms with Crippen molar-refractivity contribution >= 4 is 21.9 Å². The Morgan fingerprint density at radius 3 is 2.69 bits per heavy atom. The van der Waals surface area contributed by atoms with Crippen molar-refractivity contribution < 1.29 is 13.9 Å². The van der Waals surface area contributed by atoms with Crippen molar-refractivity contribution in [3.05, 3.63) is 22.6 Å². The van der Waals surface area contributed by atoms with Crippen LogP contribution in [0.2, 0.25) is 0 Å². The van der Waals surface area contributed by atoms with Crippen LogP contribution >= 0.6 is 15.9 Å². The van der Waals surface area contributed by atoms with E-state index < -0.39 is 5.41 Å². The Hall–Kier alpha value is -0.770. The van der Waals surface area contributed by atoms with Crippen molar-refractivity contribution in [2.75, 3.05) is 7.11 Å². The normalized spacial score (nSPS) is 18.3. The van der Waals surface area contributed by atoms with Gasteiger partial charge in [0.1, 0.15) is 11.2 Å². The molecule has 0 saturated heterocycles. The van der Waals surface area contributed by atoms with Crippen molar-refractivity contribution in [3.63, 3.8) is 0 Å². The molecule has 1 aliphatic carbocycles. The summed E-state index contributed by atoms with van der Waals surface area (Å²) in [6.45, 7) is 0. The second-order valence-corrected chi connectivity index (χ2v) is 3.96. The Morgan fingerprint density at radius 1 is 1.62 bits per heavy atom. The first-order valence-corrected chi connectivity index (χ1v) is 4.82. The van der Waals surface area contributed by atoms with Gasteiger partial charge in [-0.1, -0.05) is 0 Å². The van der Waals surface area contributed by atoms with Crippen LogP contribution in [0.15, 0.2) is 21.2 Å². The Labute approximate surface area is 84.2 Å². The molecule has 0 aliphatic heterocycles. The zero-order chi connectivity index (χ0) is 9.47. The van der Waals surface area contributed by atoms with Crippen LogP contribution in [0.1, 0.15) is 18.6 Å². The van der Waals surface area contributed by atoms with Gasteiger partial charge < -0.3 is 9.15 Å². The standard InChI is InChI=1S/C9H9BrO3/c1-12-8(11)9(4-5-9)6-2-3-7(10)13-6/h2-3H,4-5H2,1H3. The van der Waals surface area contributed by atoms with Crippen LogP contribution in [-0.4, -0.2) is 13.1 Å². The van der Waals surface area contributed by atoms with Crippen molar-refractivity contribution in [3.8, 4) is 0 Å². The molecule has 1 aromatic rings. The molecule has 70 valence electrons. The lowest BCUT2D eigenvalue weighted by Gasteiger charge is -2.08.